The lowest BCUT2D eigenvalue weighted by Crippen LogP contribution is -2.08. The molecule has 19 heavy (non-hydrogen) atoms. The summed E-state index contributed by atoms with van der Waals surface area (Å²) in [5, 5.41) is 3.82. The summed E-state index contributed by atoms with van der Waals surface area (Å²) in [5.41, 5.74) is 2.43. The van der Waals surface area contributed by atoms with Crippen LogP contribution in [0.15, 0.2) is 36.4 Å². The fourth-order valence-electron chi connectivity index (χ4n) is 1.89. The molecule has 1 unspecified atom stereocenters. The van der Waals surface area contributed by atoms with E-state index in [0.29, 0.717) is 10.6 Å². The summed E-state index contributed by atoms with van der Waals surface area (Å²) in [6, 6.07) is 8.77. The van der Waals surface area contributed by atoms with Crippen molar-refractivity contribution in [2.75, 3.05) is 5.32 Å². The molecule has 0 heterocycles. The largest absolute Gasteiger partial charge is 0.378 e. The lowest BCUT2D eigenvalue weighted by atomic mass is 10.1. The molecule has 1 N–H and O–H groups in total. The molecule has 100 valence electrons. The van der Waals surface area contributed by atoms with Crippen molar-refractivity contribution in [3.05, 3.63) is 64.2 Å². The van der Waals surface area contributed by atoms with E-state index >= 15 is 0 Å². The molecule has 2 aromatic carbocycles. The van der Waals surface area contributed by atoms with Crippen molar-refractivity contribution in [1.29, 1.82) is 0 Å². The predicted molar refractivity (Wildman–Crippen MR) is 74.6 cm³/mol. The van der Waals surface area contributed by atoms with Gasteiger partial charge in [0.2, 0.25) is 0 Å². The molecule has 4 heteroatoms. The van der Waals surface area contributed by atoms with Gasteiger partial charge in [-0.25, -0.2) is 8.78 Å². The lowest BCUT2D eigenvalue weighted by Gasteiger charge is -2.18. The molecule has 2 rings (SSSR count). The molecular formula is C15H14ClF2N. The van der Waals surface area contributed by atoms with E-state index in [-0.39, 0.29) is 6.04 Å². The van der Waals surface area contributed by atoms with Crippen LogP contribution in [0.2, 0.25) is 5.02 Å². The predicted octanol–water partition coefficient (Wildman–Crippen LogP) is 5.10. The van der Waals surface area contributed by atoms with E-state index < -0.39 is 11.6 Å². The Labute approximate surface area is 116 Å². The van der Waals surface area contributed by atoms with Crippen LogP contribution in [0.5, 0.6) is 0 Å². The number of nitrogens with one attached hydrogen (secondary N) is 1. The first-order valence-electron chi connectivity index (χ1n) is 5.94. The van der Waals surface area contributed by atoms with E-state index in [2.05, 4.69) is 5.32 Å². The first-order chi connectivity index (χ1) is 8.95. The topological polar surface area (TPSA) is 12.0 Å². The van der Waals surface area contributed by atoms with Gasteiger partial charge < -0.3 is 5.32 Å². The molecule has 0 aliphatic rings. The van der Waals surface area contributed by atoms with Crippen molar-refractivity contribution in [2.24, 2.45) is 0 Å². The molecule has 0 aliphatic carbocycles. The Morgan fingerprint density at radius 2 is 1.68 bits per heavy atom. The fraction of sp³-hybridized carbons (Fsp3) is 0.200. The smallest absolute Gasteiger partial charge is 0.126 e. The van der Waals surface area contributed by atoms with Gasteiger partial charge in [-0.05, 0) is 49.2 Å². The Hall–Kier alpha value is -1.61. The van der Waals surface area contributed by atoms with E-state index in [4.69, 9.17) is 11.6 Å². The number of hydrogen-bond donors (Lipinski definition) is 1. The van der Waals surface area contributed by atoms with E-state index in [9.17, 15) is 8.78 Å². The highest BCUT2D eigenvalue weighted by molar-refractivity contribution is 6.30. The van der Waals surface area contributed by atoms with Crippen molar-refractivity contribution in [2.45, 2.75) is 19.9 Å². The van der Waals surface area contributed by atoms with E-state index in [1.807, 2.05) is 19.9 Å². The van der Waals surface area contributed by atoms with Crippen LogP contribution in [0.4, 0.5) is 14.5 Å². The van der Waals surface area contributed by atoms with Gasteiger partial charge in [-0.15, -0.1) is 0 Å². The third kappa shape index (κ3) is 3.44. The maximum atomic E-state index is 13.2. The number of anilines is 1. The highest BCUT2D eigenvalue weighted by Gasteiger charge is 2.10. The summed E-state index contributed by atoms with van der Waals surface area (Å²) in [4.78, 5) is 0. The first-order valence-corrected chi connectivity index (χ1v) is 6.32. The van der Waals surface area contributed by atoms with Gasteiger partial charge >= 0.3 is 0 Å². The van der Waals surface area contributed by atoms with Crippen LogP contribution in [0.3, 0.4) is 0 Å². The Kier molecular flexibility index (Phi) is 4.05. The number of halogens is 3. The minimum Gasteiger partial charge on any atom is -0.378 e. The zero-order chi connectivity index (χ0) is 14.0. The molecule has 0 saturated heterocycles. The van der Waals surface area contributed by atoms with Crippen molar-refractivity contribution in [3.8, 4) is 0 Å². The zero-order valence-electron chi connectivity index (χ0n) is 10.7. The average molecular weight is 282 g/mol. The summed E-state index contributed by atoms with van der Waals surface area (Å²) < 4.78 is 26.4. The molecule has 0 saturated carbocycles. The molecule has 1 atom stereocenters. The quantitative estimate of drug-likeness (QED) is 0.825. The minimum absolute atomic E-state index is 0.220. The molecule has 0 radical (unpaired) electrons. The van der Waals surface area contributed by atoms with Gasteiger partial charge in [0, 0.05) is 22.8 Å². The van der Waals surface area contributed by atoms with Gasteiger partial charge in [0.15, 0.2) is 0 Å². The number of rotatable bonds is 3. The molecule has 0 aromatic heterocycles. The summed E-state index contributed by atoms with van der Waals surface area (Å²) in [6.45, 7) is 3.78. The summed E-state index contributed by atoms with van der Waals surface area (Å²) in [7, 11) is 0. The lowest BCUT2D eigenvalue weighted by molar-refractivity contribution is 0.577. The molecule has 0 amide bonds. The second kappa shape index (κ2) is 5.57. The second-order valence-corrected chi connectivity index (χ2v) is 4.96. The molecule has 0 aliphatic heterocycles. The number of aryl methyl sites for hydroxylation is 1. The van der Waals surface area contributed by atoms with E-state index in [1.165, 1.54) is 12.1 Å². The summed E-state index contributed by atoms with van der Waals surface area (Å²) in [6.07, 6.45) is 0. The van der Waals surface area contributed by atoms with Crippen molar-refractivity contribution in [3.63, 3.8) is 0 Å². The standard InChI is InChI=1S/C15H14ClF2N/c1-9-3-4-12(16)7-15(9)19-10(2)11-5-13(17)8-14(18)6-11/h3-8,10,19H,1-2H3. The van der Waals surface area contributed by atoms with Crippen LogP contribution in [-0.2, 0) is 0 Å². The average Bonchev–Trinajstić information content (AvgIpc) is 2.32. The third-order valence-electron chi connectivity index (χ3n) is 2.96. The van der Waals surface area contributed by atoms with Crippen LogP contribution in [0, 0.1) is 18.6 Å². The third-order valence-corrected chi connectivity index (χ3v) is 3.19. The highest BCUT2D eigenvalue weighted by Crippen LogP contribution is 2.25. The zero-order valence-corrected chi connectivity index (χ0v) is 11.4. The highest BCUT2D eigenvalue weighted by atomic mass is 35.5. The minimum atomic E-state index is -0.577. The maximum Gasteiger partial charge on any atom is 0.126 e. The van der Waals surface area contributed by atoms with Gasteiger partial charge in [-0.3, -0.25) is 0 Å². The van der Waals surface area contributed by atoms with Crippen LogP contribution in [0.1, 0.15) is 24.1 Å². The van der Waals surface area contributed by atoms with Crippen molar-refractivity contribution < 1.29 is 8.78 Å². The number of benzene rings is 2. The molecule has 0 fully saturated rings. The monoisotopic (exact) mass is 281 g/mol. The fourth-order valence-corrected chi connectivity index (χ4v) is 2.06. The summed E-state index contributed by atoms with van der Waals surface area (Å²) >= 11 is 5.94. The molecule has 0 bridgehead atoms. The maximum absolute atomic E-state index is 13.2. The molecule has 0 spiro atoms. The Morgan fingerprint density at radius 3 is 2.32 bits per heavy atom. The van der Waals surface area contributed by atoms with Gasteiger partial charge in [0.25, 0.3) is 0 Å². The Balaban J connectivity index is 2.25. The van der Waals surface area contributed by atoms with Crippen LogP contribution in [0.25, 0.3) is 0 Å². The van der Waals surface area contributed by atoms with Crippen molar-refractivity contribution >= 4 is 17.3 Å². The second-order valence-electron chi connectivity index (χ2n) is 4.53. The SMILES string of the molecule is Cc1ccc(Cl)cc1NC(C)c1cc(F)cc(F)c1. The normalized spacial score (nSPS) is 12.3. The van der Waals surface area contributed by atoms with Crippen LogP contribution < -0.4 is 5.32 Å². The van der Waals surface area contributed by atoms with E-state index in [1.54, 1.807) is 12.1 Å². The van der Waals surface area contributed by atoms with Crippen LogP contribution >= 0.6 is 11.6 Å². The van der Waals surface area contributed by atoms with E-state index in [0.717, 1.165) is 17.3 Å². The molecule has 1 nitrogen and oxygen atoms in total. The Bertz CT molecular complexity index is 578. The first kappa shape index (κ1) is 13.8. The van der Waals surface area contributed by atoms with Crippen molar-refractivity contribution in [1.82, 2.24) is 0 Å². The van der Waals surface area contributed by atoms with Gasteiger partial charge in [0.05, 0.1) is 0 Å². The van der Waals surface area contributed by atoms with Gasteiger partial charge in [0.1, 0.15) is 11.6 Å². The number of hydrogen-bond acceptors (Lipinski definition) is 1. The van der Waals surface area contributed by atoms with Gasteiger partial charge in [-0.1, -0.05) is 17.7 Å². The summed E-state index contributed by atoms with van der Waals surface area (Å²) in [5.74, 6) is -1.15. The Morgan fingerprint density at radius 1 is 1.05 bits per heavy atom. The van der Waals surface area contributed by atoms with Gasteiger partial charge in [-0.2, -0.15) is 0 Å². The molecule has 2 aromatic rings. The molecular weight excluding hydrogens is 268 g/mol. The van der Waals surface area contributed by atoms with Crippen LogP contribution in [-0.4, -0.2) is 0 Å².